The molecule has 0 spiro atoms. The van der Waals surface area contributed by atoms with Crippen molar-refractivity contribution in [3.63, 3.8) is 0 Å². The van der Waals surface area contributed by atoms with E-state index in [0.29, 0.717) is 18.1 Å². The SMILES string of the molecule is CCOc1cc(C=CC(N)=O)cc(CSc2ccccc2)c1O. The van der Waals surface area contributed by atoms with Gasteiger partial charge in [-0.3, -0.25) is 4.79 Å². The fourth-order valence-corrected chi connectivity index (χ4v) is 2.91. The number of amides is 1. The summed E-state index contributed by atoms with van der Waals surface area (Å²) in [7, 11) is 0. The number of rotatable bonds is 7. The maximum Gasteiger partial charge on any atom is 0.241 e. The summed E-state index contributed by atoms with van der Waals surface area (Å²) < 4.78 is 5.47. The summed E-state index contributed by atoms with van der Waals surface area (Å²) >= 11 is 1.62. The number of aromatic hydroxyl groups is 1. The van der Waals surface area contributed by atoms with Crippen LogP contribution in [0, 0.1) is 0 Å². The minimum absolute atomic E-state index is 0.131. The van der Waals surface area contributed by atoms with E-state index in [9.17, 15) is 9.90 Å². The van der Waals surface area contributed by atoms with Gasteiger partial charge in [0.15, 0.2) is 11.5 Å². The maximum absolute atomic E-state index is 10.9. The standard InChI is InChI=1S/C18H19NO3S/c1-2-22-16-11-13(8-9-17(19)20)10-14(18(16)21)12-23-15-6-4-3-5-7-15/h3-11,21H,2,12H2,1H3,(H2,19,20). The maximum atomic E-state index is 10.9. The fraction of sp³-hybridized carbons (Fsp3) is 0.167. The van der Waals surface area contributed by atoms with Crippen molar-refractivity contribution in [3.05, 3.63) is 59.7 Å². The van der Waals surface area contributed by atoms with Crippen molar-refractivity contribution >= 4 is 23.7 Å². The monoisotopic (exact) mass is 329 g/mol. The van der Waals surface area contributed by atoms with Crippen molar-refractivity contribution in [1.82, 2.24) is 0 Å². The second-order valence-corrected chi connectivity index (χ2v) is 5.85. The van der Waals surface area contributed by atoms with Crippen LogP contribution in [0.1, 0.15) is 18.1 Å². The molecule has 0 atom stereocenters. The van der Waals surface area contributed by atoms with Crippen LogP contribution in [0.4, 0.5) is 0 Å². The van der Waals surface area contributed by atoms with E-state index < -0.39 is 5.91 Å². The van der Waals surface area contributed by atoms with E-state index in [1.165, 1.54) is 6.08 Å². The number of thioether (sulfide) groups is 1. The molecule has 5 heteroatoms. The van der Waals surface area contributed by atoms with Gasteiger partial charge in [0.1, 0.15) is 0 Å². The molecular formula is C18H19NO3S. The molecule has 0 aliphatic rings. The predicted molar refractivity (Wildman–Crippen MR) is 93.5 cm³/mol. The average Bonchev–Trinajstić information content (AvgIpc) is 2.55. The molecule has 0 aliphatic heterocycles. The van der Waals surface area contributed by atoms with Crippen LogP contribution in [0.2, 0.25) is 0 Å². The molecule has 0 fully saturated rings. The number of carbonyl (C=O) groups is 1. The fourth-order valence-electron chi connectivity index (χ4n) is 2.02. The molecule has 0 radical (unpaired) electrons. The van der Waals surface area contributed by atoms with Gasteiger partial charge in [-0.1, -0.05) is 18.2 Å². The highest BCUT2D eigenvalue weighted by atomic mass is 32.2. The number of carbonyl (C=O) groups excluding carboxylic acids is 1. The van der Waals surface area contributed by atoms with E-state index in [-0.39, 0.29) is 5.75 Å². The smallest absolute Gasteiger partial charge is 0.241 e. The molecule has 120 valence electrons. The van der Waals surface area contributed by atoms with E-state index >= 15 is 0 Å². The molecule has 0 aromatic heterocycles. The van der Waals surface area contributed by atoms with E-state index in [2.05, 4.69) is 0 Å². The summed E-state index contributed by atoms with van der Waals surface area (Å²) in [5, 5.41) is 10.3. The predicted octanol–water partition coefficient (Wildman–Crippen LogP) is 3.58. The van der Waals surface area contributed by atoms with E-state index in [1.54, 1.807) is 23.9 Å². The molecule has 0 bridgehead atoms. The van der Waals surface area contributed by atoms with Crippen molar-refractivity contribution in [3.8, 4) is 11.5 Å². The first-order chi connectivity index (χ1) is 11.1. The van der Waals surface area contributed by atoms with Crippen molar-refractivity contribution in [2.45, 2.75) is 17.6 Å². The summed E-state index contributed by atoms with van der Waals surface area (Å²) in [6.07, 6.45) is 2.90. The third kappa shape index (κ3) is 5.07. The van der Waals surface area contributed by atoms with Crippen LogP contribution in [0.3, 0.4) is 0 Å². The Labute approximate surface area is 140 Å². The Hall–Kier alpha value is -2.40. The first-order valence-corrected chi connectivity index (χ1v) is 8.22. The van der Waals surface area contributed by atoms with Gasteiger partial charge in [-0.15, -0.1) is 11.8 Å². The number of hydrogen-bond donors (Lipinski definition) is 2. The molecule has 0 aliphatic carbocycles. The number of ether oxygens (including phenoxy) is 1. The second kappa shape index (κ2) is 8.29. The van der Waals surface area contributed by atoms with Crippen molar-refractivity contribution < 1.29 is 14.6 Å². The molecule has 0 unspecified atom stereocenters. The first kappa shape index (κ1) is 17.0. The van der Waals surface area contributed by atoms with Crippen molar-refractivity contribution in [2.75, 3.05) is 6.61 Å². The molecule has 0 saturated carbocycles. The lowest BCUT2D eigenvalue weighted by Crippen LogP contribution is -2.05. The van der Waals surface area contributed by atoms with Crippen LogP contribution in [0.5, 0.6) is 11.5 Å². The molecular weight excluding hydrogens is 310 g/mol. The lowest BCUT2D eigenvalue weighted by atomic mass is 10.1. The number of benzene rings is 2. The zero-order valence-corrected chi connectivity index (χ0v) is 13.7. The van der Waals surface area contributed by atoms with Crippen LogP contribution >= 0.6 is 11.8 Å². The quantitative estimate of drug-likeness (QED) is 0.601. The Morgan fingerprint density at radius 3 is 2.70 bits per heavy atom. The molecule has 0 saturated heterocycles. The molecule has 2 rings (SSSR count). The summed E-state index contributed by atoms with van der Waals surface area (Å²) in [6, 6.07) is 13.5. The van der Waals surface area contributed by atoms with E-state index in [0.717, 1.165) is 16.0 Å². The summed E-state index contributed by atoms with van der Waals surface area (Å²) in [5.41, 5.74) is 6.63. The summed E-state index contributed by atoms with van der Waals surface area (Å²) in [6.45, 7) is 2.30. The summed E-state index contributed by atoms with van der Waals surface area (Å²) in [4.78, 5) is 12.0. The van der Waals surface area contributed by atoms with Crippen LogP contribution in [-0.2, 0) is 10.5 Å². The van der Waals surface area contributed by atoms with Crippen LogP contribution in [0.25, 0.3) is 6.08 Å². The minimum atomic E-state index is -0.517. The molecule has 2 aromatic carbocycles. The van der Waals surface area contributed by atoms with Gasteiger partial charge in [-0.25, -0.2) is 0 Å². The Morgan fingerprint density at radius 1 is 1.30 bits per heavy atom. The van der Waals surface area contributed by atoms with Gasteiger partial charge in [0.25, 0.3) is 0 Å². The summed E-state index contributed by atoms with van der Waals surface area (Å²) in [5.74, 6) is 0.610. The van der Waals surface area contributed by atoms with Crippen molar-refractivity contribution in [2.24, 2.45) is 5.73 Å². The molecule has 4 nitrogen and oxygen atoms in total. The van der Waals surface area contributed by atoms with Crippen LogP contribution in [0.15, 0.2) is 53.4 Å². The van der Waals surface area contributed by atoms with Gasteiger partial charge < -0.3 is 15.6 Å². The Balaban J connectivity index is 2.26. The largest absolute Gasteiger partial charge is 0.504 e. The van der Waals surface area contributed by atoms with Crippen molar-refractivity contribution in [1.29, 1.82) is 0 Å². The average molecular weight is 329 g/mol. The first-order valence-electron chi connectivity index (χ1n) is 7.24. The van der Waals surface area contributed by atoms with Gasteiger partial charge in [0.2, 0.25) is 5.91 Å². The molecule has 2 aromatic rings. The van der Waals surface area contributed by atoms with Crippen LogP contribution in [-0.4, -0.2) is 17.6 Å². The van der Waals surface area contributed by atoms with Gasteiger partial charge in [0, 0.05) is 22.3 Å². The third-order valence-corrected chi connectivity index (χ3v) is 4.11. The van der Waals surface area contributed by atoms with Gasteiger partial charge in [-0.2, -0.15) is 0 Å². The number of primary amides is 1. The van der Waals surface area contributed by atoms with Gasteiger partial charge >= 0.3 is 0 Å². The number of nitrogens with two attached hydrogens (primary N) is 1. The van der Waals surface area contributed by atoms with E-state index in [4.69, 9.17) is 10.5 Å². The molecule has 0 heterocycles. The minimum Gasteiger partial charge on any atom is -0.504 e. The normalized spacial score (nSPS) is 10.8. The lowest BCUT2D eigenvalue weighted by Gasteiger charge is -2.12. The molecule has 1 amide bonds. The van der Waals surface area contributed by atoms with E-state index in [1.807, 2.05) is 43.3 Å². The molecule has 3 N–H and O–H groups in total. The Morgan fingerprint density at radius 2 is 2.04 bits per heavy atom. The number of phenolic OH excluding ortho intramolecular Hbond substituents is 1. The number of hydrogen-bond acceptors (Lipinski definition) is 4. The zero-order valence-electron chi connectivity index (χ0n) is 12.9. The van der Waals surface area contributed by atoms with Crippen LogP contribution < -0.4 is 10.5 Å². The Bertz CT molecular complexity index is 699. The highest BCUT2D eigenvalue weighted by Gasteiger charge is 2.11. The number of phenols is 1. The highest BCUT2D eigenvalue weighted by Crippen LogP contribution is 2.36. The highest BCUT2D eigenvalue weighted by molar-refractivity contribution is 7.98. The van der Waals surface area contributed by atoms with Gasteiger partial charge in [-0.05, 0) is 42.8 Å². The lowest BCUT2D eigenvalue weighted by molar-refractivity contribution is -0.113. The second-order valence-electron chi connectivity index (χ2n) is 4.80. The third-order valence-electron chi connectivity index (χ3n) is 3.05. The molecule has 23 heavy (non-hydrogen) atoms. The van der Waals surface area contributed by atoms with Gasteiger partial charge in [0.05, 0.1) is 6.61 Å². The zero-order chi connectivity index (χ0) is 16.7. The topological polar surface area (TPSA) is 72.5 Å². The Kier molecular flexibility index (Phi) is 6.11.